The van der Waals surface area contributed by atoms with Crippen LogP contribution in [0.2, 0.25) is 0 Å². The molecule has 2 N–H and O–H groups in total. The highest BCUT2D eigenvalue weighted by molar-refractivity contribution is 7.98. The second-order valence-corrected chi connectivity index (χ2v) is 5.63. The predicted octanol–water partition coefficient (Wildman–Crippen LogP) is 2.89. The molecule has 0 heterocycles. The molecule has 0 bridgehead atoms. The van der Waals surface area contributed by atoms with Crippen LogP contribution in [0, 0.1) is 5.41 Å². The van der Waals surface area contributed by atoms with Crippen molar-refractivity contribution in [3.05, 3.63) is 0 Å². The first-order valence-corrected chi connectivity index (χ1v) is 6.09. The van der Waals surface area contributed by atoms with Gasteiger partial charge in [-0.25, -0.2) is 0 Å². The zero-order chi connectivity index (χ0) is 9.61. The number of hydrogen-bond acceptors (Lipinski definition) is 2. The molecule has 0 aliphatic rings. The van der Waals surface area contributed by atoms with E-state index in [-0.39, 0.29) is 0 Å². The van der Waals surface area contributed by atoms with Gasteiger partial charge in [0.1, 0.15) is 0 Å². The summed E-state index contributed by atoms with van der Waals surface area (Å²) in [5.74, 6) is 1.20. The lowest BCUT2D eigenvalue weighted by Gasteiger charge is -2.20. The number of rotatable bonds is 5. The third-order valence-electron chi connectivity index (χ3n) is 1.96. The maximum absolute atomic E-state index is 5.95. The average Bonchev–Trinajstić information content (AvgIpc) is 1.95. The molecule has 2 heteroatoms. The van der Waals surface area contributed by atoms with E-state index in [1.807, 2.05) is 11.8 Å². The molecule has 0 radical (unpaired) electrons. The van der Waals surface area contributed by atoms with Gasteiger partial charge in [-0.15, -0.1) is 0 Å². The fourth-order valence-electron chi connectivity index (χ4n) is 1.03. The SMILES string of the molecule is CSCCC(N)CCC(C)(C)C. The minimum Gasteiger partial charge on any atom is -0.328 e. The monoisotopic (exact) mass is 189 g/mol. The fraction of sp³-hybridized carbons (Fsp3) is 1.00. The lowest BCUT2D eigenvalue weighted by atomic mass is 9.88. The minimum absolute atomic E-state index is 0.414. The first-order chi connectivity index (χ1) is 5.45. The van der Waals surface area contributed by atoms with Crippen LogP contribution in [0.1, 0.15) is 40.0 Å². The summed E-state index contributed by atoms with van der Waals surface area (Å²) in [5, 5.41) is 0. The third kappa shape index (κ3) is 8.41. The Hall–Kier alpha value is 0.310. The molecule has 0 aromatic heterocycles. The van der Waals surface area contributed by atoms with E-state index in [0.717, 1.165) is 6.42 Å². The molecule has 0 aliphatic heterocycles. The van der Waals surface area contributed by atoms with E-state index >= 15 is 0 Å². The zero-order valence-electron chi connectivity index (χ0n) is 8.89. The van der Waals surface area contributed by atoms with Gasteiger partial charge >= 0.3 is 0 Å². The van der Waals surface area contributed by atoms with Crippen LogP contribution in [0.4, 0.5) is 0 Å². The summed E-state index contributed by atoms with van der Waals surface area (Å²) in [6.07, 6.45) is 5.71. The zero-order valence-corrected chi connectivity index (χ0v) is 9.71. The van der Waals surface area contributed by atoms with Crippen molar-refractivity contribution in [3.8, 4) is 0 Å². The fourth-order valence-corrected chi connectivity index (χ4v) is 1.57. The summed E-state index contributed by atoms with van der Waals surface area (Å²) in [6.45, 7) is 6.82. The van der Waals surface area contributed by atoms with Gasteiger partial charge in [-0.1, -0.05) is 20.8 Å². The first kappa shape index (κ1) is 12.3. The Morgan fingerprint density at radius 1 is 1.25 bits per heavy atom. The Morgan fingerprint density at radius 3 is 2.25 bits per heavy atom. The molecular formula is C10H23NS. The Balaban J connectivity index is 3.37. The summed E-state index contributed by atoms with van der Waals surface area (Å²) >= 11 is 1.88. The molecule has 1 unspecified atom stereocenters. The van der Waals surface area contributed by atoms with Crippen LogP contribution in [0.25, 0.3) is 0 Å². The standard InChI is InChI=1S/C10H23NS/c1-10(2,3)7-5-9(11)6-8-12-4/h9H,5-8,11H2,1-4H3. The molecule has 0 aromatic carbocycles. The van der Waals surface area contributed by atoms with Gasteiger partial charge in [-0.2, -0.15) is 11.8 Å². The van der Waals surface area contributed by atoms with E-state index in [9.17, 15) is 0 Å². The number of thioether (sulfide) groups is 1. The Morgan fingerprint density at radius 2 is 1.83 bits per heavy atom. The van der Waals surface area contributed by atoms with Crippen molar-refractivity contribution in [2.45, 2.75) is 46.1 Å². The van der Waals surface area contributed by atoms with Gasteiger partial charge in [0.2, 0.25) is 0 Å². The van der Waals surface area contributed by atoms with Crippen molar-refractivity contribution in [1.29, 1.82) is 0 Å². The summed E-state index contributed by atoms with van der Waals surface area (Å²) in [5.41, 5.74) is 6.40. The van der Waals surface area contributed by atoms with E-state index in [0.29, 0.717) is 11.5 Å². The molecule has 0 saturated heterocycles. The van der Waals surface area contributed by atoms with Crippen molar-refractivity contribution in [2.75, 3.05) is 12.0 Å². The van der Waals surface area contributed by atoms with Crippen molar-refractivity contribution < 1.29 is 0 Å². The van der Waals surface area contributed by atoms with E-state index < -0.39 is 0 Å². The topological polar surface area (TPSA) is 26.0 Å². The van der Waals surface area contributed by atoms with Crippen molar-refractivity contribution in [2.24, 2.45) is 11.1 Å². The summed E-state index contributed by atoms with van der Waals surface area (Å²) in [6, 6.07) is 0.414. The molecule has 0 saturated carbocycles. The lowest BCUT2D eigenvalue weighted by molar-refractivity contribution is 0.346. The molecule has 0 amide bonds. The molecule has 12 heavy (non-hydrogen) atoms. The second kappa shape index (κ2) is 5.87. The highest BCUT2D eigenvalue weighted by atomic mass is 32.2. The van der Waals surface area contributed by atoms with Gasteiger partial charge < -0.3 is 5.73 Å². The molecular weight excluding hydrogens is 166 g/mol. The van der Waals surface area contributed by atoms with E-state index in [4.69, 9.17) is 5.73 Å². The molecule has 1 atom stereocenters. The van der Waals surface area contributed by atoms with Crippen molar-refractivity contribution in [1.82, 2.24) is 0 Å². The molecule has 1 nitrogen and oxygen atoms in total. The van der Waals surface area contributed by atoms with Gasteiger partial charge in [0.15, 0.2) is 0 Å². The second-order valence-electron chi connectivity index (χ2n) is 4.64. The van der Waals surface area contributed by atoms with E-state index in [1.165, 1.54) is 18.6 Å². The third-order valence-corrected chi connectivity index (χ3v) is 2.60. The molecule has 74 valence electrons. The molecule has 0 aliphatic carbocycles. The largest absolute Gasteiger partial charge is 0.328 e. The summed E-state index contributed by atoms with van der Waals surface area (Å²) < 4.78 is 0. The van der Waals surface area contributed by atoms with Gasteiger partial charge in [0.05, 0.1) is 0 Å². The quantitative estimate of drug-likeness (QED) is 0.719. The van der Waals surface area contributed by atoms with Crippen molar-refractivity contribution in [3.63, 3.8) is 0 Å². The normalized spacial score (nSPS) is 14.8. The summed E-state index contributed by atoms with van der Waals surface area (Å²) in [4.78, 5) is 0. The average molecular weight is 189 g/mol. The molecule has 0 aromatic rings. The Bertz CT molecular complexity index is 107. The first-order valence-electron chi connectivity index (χ1n) is 4.70. The number of nitrogens with two attached hydrogens (primary N) is 1. The smallest absolute Gasteiger partial charge is 0.00468 e. The Kier molecular flexibility index (Phi) is 6.02. The number of hydrogen-bond donors (Lipinski definition) is 1. The lowest BCUT2D eigenvalue weighted by Crippen LogP contribution is -2.22. The maximum atomic E-state index is 5.95. The van der Waals surface area contributed by atoms with Crippen LogP contribution in [0.3, 0.4) is 0 Å². The van der Waals surface area contributed by atoms with Crippen LogP contribution in [-0.4, -0.2) is 18.1 Å². The Labute approximate surface area is 81.5 Å². The summed E-state index contributed by atoms with van der Waals surface area (Å²) in [7, 11) is 0. The van der Waals surface area contributed by atoms with E-state index in [1.54, 1.807) is 0 Å². The van der Waals surface area contributed by atoms with Crippen LogP contribution in [0.15, 0.2) is 0 Å². The maximum Gasteiger partial charge on any atom is 0.00468 e. The minimum atomic E-state index is 0.414. The molecule has 0 fully saturated rings. The van der Waals surface area contributed by atoms with Gasteiger partial charge in [0.25, 0.3) is 0 Å². The molecule has 0 rings (SSSR count). The van der Waals surface area contributed by atoms with Gasteiger partial charge in [0, 0.05) is 6.04 Å². The van der Waals surface area contributed by atoms with Gasteiger partial charge in [-0.3, -0.25) is 0 Å². The van der Waals surface area contributed by atoms with Crippen LogP contribution < -0.4 is 5.73 Å². The molecule has 0 spiro atoms. The highest BCUT2D eigenvalue weighted by Crippen LogP contribution is 2.21. The highest BCUT2D eigenvalue weighted by Gasteiger charge is 2.12. The van der Waals surface area contributed by atoms with Crippen molar-refractivity contribution >= 4 is 11.8 Å². The van der Waals surface area contributed by atoms with Crippen LogP contribution in [0.5, 0.6) is 0 Å². The van der Waals surface area contributed by atoms with E-state index in [2.05, 4.69) is 27.0 Å². The predicted molar refractivity (Wildman–Crippen MR) is 59.7 cm³/mol. The van der Waals surface area contributed by atoms with Gasteiger partial charge in [-0.05, 0) is 36.7 Å². The van der Waals surface area contributed by atoms with Crippen LogP contribution >= 0.6 is 11.8 Å². The van der Waals surface area contributed by atoms with Crippen LogP contribution in [-0.2, 0) is 0 Å².